The van der Waals surface area contributed by atoms with E-state index in [-0.39, 0.29) is 38.0 Å². The molecule has 0 heterocycles. The van der Waals surface area contributed by atoms with Crippen molar-refractivity contribution >= 4 is 0 Å². The zero-order valence-electron chi connectivity index (χ0n) is 17.6. The lowest BCUT2D eigenvalue weighted by Crippen LogP contribution is -2.32. The van der Waals surface area contributed by atoms with E-state index in [9.17, 15) is 40.9 Å². The molecule has 9 atom stereocenters. The van der Waals surface area contributed by atoms with E-state index in [1.54, 1.807) is 6.92 Å². The van der Waals surface area contributed by atoms with Gasteiger partial charge in [0.2, 0.25) is 0 Å². The Morgan fingerprint density at radius 3 is 1.55 bits per heavy atom. The van der Waals surface area contributed by atoms with Gasteiger partial charge >= 0.3 is 0 Å². The lowest BCUT2D eigenvalue weighted by Gasteiger charge is -2.27. The monoisotopic (exact) mass is 426 g/mol. The number of aliphatic hydroxyl groups is 9. The van der Waals surface area contributed by atoms with Gasteiger partial charge < -0.3 is 46.0 Å². The predicted octanol–water partition coefficient (Wildman–Crippen LogP) is -1.36. The Hall–Kier alpha value is -0.360. The zero-order valence-corrected chi connectivity index (χ0v) is 17.6. The fraction of sp³-hybridized carbons (Fsp3) is 1.00. The summed E-state index contributed by atoms with van der Waals surface area (Å²) in [4.78, 5) is 0. The highest BCUT2D eigenvalue weighted by molar-refractivity contribution is 4.77. The van der Waals surface area contributed by atoms with Gasteiger partial charge in [0.05, 0.1) is 49.3 Å². The molecular formula is C20H42O9. The molecule has 0 spiro atoms. The minimum Gasteiger partial charge on any atom is -0.394 e. The van der Waals surface area contributed by atoms with Gasteiger partial charge in [-0.2, -0.15) is 0 Å². The van der Waals surface area contributed by atoms with Crippen LogP contribution in [0.4, 0.5) is 0 Å². The van der Waals surface area contributed by atoms with Crippen molar-refractivity contribution in [3.05, 3.63) is 0 Å². The number of hydrogen-bond donors (Lipinski definition) is 9. The maximum absolute atomic E-state index is 10.2. The van der Waals surface area contributed by atoms with E-state index in [0.717, 1.165) is 0 Å². The second kappa shape index (κ2) is 15.4. The van der Waals surface area contributed by atoms with Crippen LogP contribution in [-0.2, 0) is 0 Å². The first-order valence-corrected chi connectivity index (χ1v) is 10.6. The van der Waals surface area contributed by atoms with E-state index in [0.29, 0.717) is 19.3 Å². The minimum absolute atomic E-state index is 0.0632. The quantitative estimate of drug-likeness (QED) is 0.136. The largest absolute Gasteiger partial charge is 0.394 e. The van der Waals surface area contributed by atoms with Gasteiger partial charge in [-0.3, -0.25) is 0 Å². The van der Waals surface area contributed by atoms with Crippen molar-refractivity contribution in [2.75, 3.05) is 6.61 Å². The van der Waals surface area contributed by atoms with Crippen LogP contribution in [0.2, 0.25) is 0 Å². The van der Waals surface area contributed by atoms with Crippen molar-refractivity contribution in [2.45, 2.75) is 114 Å². The average molecular weight is 427 g/mol. The highest BCUT2D eigenvalue weighted by atomic mass is 16.4. The maximum atomic E-state index is 10.2. The molecule has 9 heteroatoms. The molecular weight excluding hydrogens is 384 g/mol. The molecule has 0 aromatic heterocycles. The van der Waals surface area contributed by atoms with Crippen molar-refractivity contribution in [3.63, 3.8) is 0 Å². The normalized spacial score (nSPS) is 21.6. The Balaban J connectivity index is 4.52. The third-order valence-electron chi connectivity index (χ3n) is 5.45. The van der Waals surface area contributed by atoms with E-state index in [1.165, 1.54) is 6.92 Å². The summed E-state index contributed by atoms with van der Waals surface area (Å²) >= 11 is 0. The van der Waals surface area contributed by atoms with Gasteiger partial charge in [-0.1, -0.05) is 6.92 Å². The summed E-state index contributed by atoms with van der Waals surface area (Å²) in [5.41, 5.74) is 0. The molecule has 176 valence electrons. The Bertz CT molecular complexity index is 396. The Kier molecular flexibility index (Phi) is 15.3. The van der Waals surface area contributed by atoms with Gasteiger partial charge in [-0.15, -0.1) is 0 Å². The lowest BCUT2D eigenvalue weighted by atomic mass is 9.86. The van der Waals surface area contributed by atoms with Gasteiger partial charge in [-0.05, 0) is 64.2 Å². The van der Waals surface area contributed by atoms with Crippen LogP contribution in [0, 0.1) is 5.92 Å². The fourth-order valence-corrected chi connectivity index (χ4v) is 3.30. The highest BCUT2D eigenvalue weighted by Gasteiger charge is 2.25. The van der Waals surface area contributed by atoms with Crippen LogP contribution in [0.3, 0.4) is 0 Å². The molecule has 0 saturated carbocycles. The number of hydrogen-bond acceptors (Lipinski definition) is 9. The van der Waals surface area contributed by atoms with Crippen LogP contribution in [0.5, 0.6) is 0 Å². The molecule has 0 saturated heterocycles. The molecule has 0 aromatic carbocycles. The van der Waals surface area contributed by atoms with Crippen LogP contribution in [0.25, 0.3) is 0 Å². The molecule has 0 radical (unpaired) electrons. The van der Waals surface area contributed by atoms with Gasteiger partial charge in [-0.25, -0.2) is 0 Å². The topological polar surface area (TPSA) is 182 Å². The molecule has 0 amide bonds. The zero-order chi connectivity index (χ0) is 22.6. The van der Waals surface area contributed by atoms with E-state index < -0.39 is 55.4 Å². The smallest absolute Gasteiger partial charge is 0.103 e. The van der Waals surface area contributed by atoms with Crippen molar-refractivity contribution in [1.29, 1.82) is 0 Å². The van der Waals surface area contributed by atoms with Gasteiger partial charge in [0.25, 0.3) is 0 Å². The molecule has 0 aliphatic carbocycles. The first kappa shape index (κ1) is 28.6. The van der Waals surface area contributed by atoms with Crippen molar-refractivity contribution in [1.82, 2.24) is 0 Å². The fourth-order valence-electron chi connectivity index (χ4n) is 3.30. The summed E-state index contributed by atoms with van der Waals surface area (Å²) in [6.45, 7) is 2.64. The summed E-state index contributed by atoms with van der Waals surface area (Å²) in [5.74, 6) is -0.232. The van der Waals surface area contributed by atoms with Crippen LogP contribution < -0.4 is 0 Å². The summed E-state index contributed by atoms with van der Waals surface area (Å²) in [6, 6.07) is 0. The number of aliphatic hydroxyl groups excluding tert-OH is 9. The van der Waals surface area contributed by atoms with E-state index in [4.69, 9.17) is 5.11 Å². The average Bonchev–Trinajstić information content (AvgIpc) is 2.68. The molecule has 9 nitrogen and oxygen atoms in total. The van der Waals surface area contributed by atoms with Crippen LogP contribution in [0.1, 0.15) is 65.2 Å². The Morgan fingerprint density at radius 1 is 0.552 bits per heavy atom. The van der Waals surface area contributed by atoms with Gasteiger partial charge in [0.1, 0.15) is 6.10 Å². The van der Waals surface area contributed by atoms with E-state index >= 15 is 0 Å². The van der Waals surface area contributed by atoms with Gasteiger partial charge in [0.15, 0.2) is 0 Å². The van der Waals surface area contributed by atoms with Crippen LogP contribution in [0.15, 0.2) is 0 Å². The Morgan fingerprint density at radius 2 is 1.07 bits per heavy atom. The highest BCUT2D eigenvalue weighted by Crippen LogP contribution is 2.25. The van der Waals surface area contributed by atoms with Crippen molar-refractivity contribution < 1.29 is 46.0 Å². The lowest BCUT2D eigenvalue weighted by molar-refractivity contribution is -0.0270. The number of rotatable bonds is 17. The molecule has 0 fully saturated rings. The molecule has 0 aliphatic rings. The van der Waals surface area contributed by atoms with Gasteiger partial charge in [0, 0.05) is 0 Å². The molecule has 9 N–H and O–H groups in total. The van der Waals surface area contributed by atoms with Crippen molar-refractivity contribution in [2.24, 2.45) is 5.92 Å². The summed E-state index contributed by atoms with van der Waals surface area (Å²) in [6.07, 6.45) is -6.06. The molecule has 9 unspecified atom stereocenters. The summed E-state index contributed by atoms with van der Waals surface area (Å²) in [7, 11) is 0. The molecule has 0 aromatic rings. The molecule has 0 aliphatic heterocycles. The van der Waals surface area contributed by atoms with E-state index in [2.05, 4.69) is 0 Å². The first-order chi connectivity index (χ1) is 13.5. The van der Waals surface area contributed by atoms with Crippen molar-refractivity contribution in [3.8, 4) is 0 Å². The van der Waals surface area contributed by atoms with Crippen LogP contribution >= 0.6 is 0 Å². The second-order valence-electron chi connectivity index (χ2n) is 8.20. The maximum Gasteiger partial charge on any atom is 0.103 e. The van der Waals surface area contributed by atoms with Crippen LogP contribution in [-0.4, -0.2) is 101 Å². The second-order valence-corrected chi connectivity index (χ2v) is 8.20. The minimum atomic E-state index is -1.27. The predicted molar refractivity (Wildman–Crippen MR) is 107 cm³/mol. The Labute approximate surface area is 173 Å². The third kappa shape index (κ3) is 12.8. The molecule has 0 bridgehead atoms. The third-order valence-corrected chi connectivity index (χ3v) is 5.45. The molecule has 29 heavy (non-hydrogen) atoms. The standard InChI is InChI=1S/C20H42O9/c1-3-16(25)19(28)9-13(8-18(27)12(2)22)4-5-14(23)10-15(24)6-7-17(26)20(29)11-21/h12-29H,3-11H2,1-2H3. The van der Waals surface area contributed by atoms with E-state index in [1.807, 2.05) is 0 Å². The molecule has 0 rings (SSSR count). The summed E-state index contributed by atoms with van der Waals surface area (Å²) < 4.78 is 0. The first-order valence-electron chi connectivity index (χ1n) is 10.6. The summed E-state index contributed by atoms with van der Waals surface area (Å²) in [5, 5.41) is 87.1. The SMILES string of the molecule is CCC(O)C(O)CC(CCC(O)CC(O)CCC(O)C(O)CO)CC(O)C(C)O.